The van der Waals surface area contributed by atoms with E-state index in [0.717, 1.165) is 12.0 Å². The number of carbonyl (C=O) groups is 1. The van der Waals surface area contributed by atoms with Crippen molar-refractivity contribution in [2.24, 2.45) is 5.92 Å². The first-order valence-corrected chi connectivity index (χ1v) is 8.79. The predicted octanol–water partition coefficient (Wildman–Crippen LogP) is 1.62. The lowest BCUT2D eigenvalue weighted by atomic mass is 9.81. The Morgan fingerprint density at radius 1 is 1.13 bits per heavy atom. The molecule has 0 spiro atoms. The lowest BCUT2D eigenvalue weighted by Crippen LogP contribution is -2.52. The van der Waals surface area contributed by atoms with Crippen molar-refractivity contribution in [1.29, 1.82) is 0 Å². The summed E-state index contributed by atoms with van der Waals surface area (Å²) in [6.45, 7) is 1.95. The molecule has 2 N–H and O–H groups in total. The topological polar surface area (TPSA) is 53.6 Å². The summed E-state index contributed by atoms with van der Waals surface area (Å²) in [5, 5.41) is 0. The Hall–Kier alpha value is -1.43. The Balaban J connectivity index is 1.44. The number of hydrazine groups is 1. The molecule has 0 radical (unpaired) electrons. The van der Waals surface area contributed by atoms with Crippen molar-refractivity contribution in [3.63, 3.8) is 0 Å². The van der Waals surface area contributed by atoms with Gasteiger partial charge in [-0.05, 0) is 18.4 Å². The molecule has 0 aromatic heterocycles. The fraction of sp³-hybridized carbons (Fsp3) is 0.611. The molecule has 5 heteroatoms. The number of fused-ring (bicyclic) bond motifs is 1. The molecule has 2 saturated heterocycles. The average Bonchev–Trinajstić information content (AvgIpc) is 3.06. The summed E-state index contributed by atoms with van der Waals surface area (Å²) < 4.78 is 5.88. The fourth-order valence-electron chi connectivity index (χ4n) is 4.20. The van der Waals surface area contributed by atoms with E-state index in [1.54, 1.807) is 0 Å². The quantitative estimate of drug-likeness (QED) is 0.871. The molecule has 3 aliphatic rings. The third-order valence-electron chi connectivity index (χ3n) is 5.49. The van der Waals surface area contributed by atoms with Crippen molar-refractivity contribution in [2.45, 2.75) is 43.9 Å². The molecule has 1 aromatic carbocycles. The summed E-state index contributed by atoms with van der Waals surface area (Å²) in [5.74, 6) is 0.672. The Morgan fingerprint density at radius 2 is 1.96 bits per heavy atom. The van der Waals surface area contributed by atoms with E-state index < -0.39 is 0 Å². The summed E-state index contributed by atoms with van der Waals surface area (Å²) in [6.07, 6.45) is 4.82. The SMILES string of the molecule is O=C(C1NNC2CCCCC21)N1CCOC(c2ccccc2)C1. The van der Waals surface area contributed by atoms with E-state index in [4.69, 9.17) is 4.74 Å². The number of morpholine rings is 1. The van der Waals surface area contributed by atoms with Crippen molar-refractivity contribution in [3.8, 4) is 0 Å². The van der Waals surface area contributed by atoms with Crippen molar-refractivity contribution < 1.29 is 9.53 Å². The normalized spacial score (nSPS) is 34.2. The molecule has 1 amide bonds. The highest BCUT2D eigenvalue weighted by molar-refractivity contribution is 5.82. The third kappa shape index (κ3) is 3.01. The zero-order chi connectivity index (χ0) is 15.6. The lowest BCUT2D eigenvalue weighted by molar-refractivity contribution is -0.142. The van der Waals surface area contributed by atoms with Crippen LogP contribution in [0.25, 0.3) is 0 Å². The van der Waals surface area contributed by atoms with E-state index in [2.05, 4.69) is 23.0 Å². The molecule has 1 aromatic rings. The van der Waals surface area contributed by atoms with Crippen LogP contribution >= 0.6 is 0 Å². The summed E-state index contributed by atoms with van der Waals surface area (Å²) in [4.78, 5) is 15.0. The fourth-order valence-corrected chi connectivity index (χ4v) is 4.20. The van der Waals surface area contributed by atoms with Gasteiger partial charge in [0.05, 0.1) is 13.2 Å². The van der Waals surface area contributed by atoms with Gasteiger partial charge < -0.3 is 9.64 Å². The second kappa shape index (κ2) is 6.59. The maximum atomic E-state index is 13.0. The van der Waals surface area contributed by atoms with Crippen molar-refractivity contribution in [3.05, 3.63) is 35.9 Å². The number of benzene rings is 1. The molecule has 0 bridgehead atoms. The van der Waals surface area contributed by atoms with Crippen molar-refractivity contribution >= 4 is 5.91 Å². The Kier molecular flexibility index (Phi) is 4.33. The minimum absolute atomic E-state index is 0.00887. The van der Waals surface area contributed by atoms with Gasteiger partial charge in [-0.25, -0.2) is 5.43 Å². The molecule has 124 valence electrons. The summed E-state index contributed by atoms with van der Waals surface area (Å²) in [6, 6.07) is 10.6. The number of rotatable bonds is 2. The summed E-state index contributed by atoms with van der Waals surface area (Å²) >= 11 is 0. The molecule has 4 unspecified atom stereocenters. The zero-order valence-corrected chi connectivity index (χ0v) is 13.4. The van der Waals surface area contributed by atoms with Crippen LogP contribution in [0.2, 0.25) is 0 Å². The van der Waals surface area contributed by atoms with Gasteiger partial charge in [0.1, 0.15) is 12.1 Å². The second-order valence-electron chi connectivity index (χ2n) is 6.88. The number of nitrogens with one attached hydrogen (secondary N) is 2. The Morgan fingerprint density at radius 3 is 2.83 bits per heavy atom. The summed E-state index contributed by atoms with van der Waals surface area (Å²) in [7, 11) is 0. The maximum absolute atomic E-state index is 13.0. The number of hydrogen-bond acceptors (Lipinski definition) is 4. The molecular weight excluding hydrogens is 290 g/mol. The van der Waals surface area contributed by atoms with Crippen LogP contribution in [0.5, 0.6) is 0 Å². The largest absolute Gasteiger partial charge is 0.370 e. The van der Waals surface area contributed by atoms with Crippen molar-refractivity contribution in [1.82, 2.24) is 15.8 Å². The molecule has 5 nitrogen and oxygen atoms in total. The molecule has 4 atom stereocenters. The number of hydrogen-bond donors (Lipinski definition) is 2. The third-order valence-corrected chi connectivity index (χ3v) is 5.49. The maximum Gasteiger partial charge on any atom is 0.241 e. The molecule has 1 aliphatic carbocycles. The van der Waals surface area contributed by atoms with Gasteiger partial charge in [-0.3, -0.25) is 10.2 Å². The van der Waals surface area contributed by atoms with E-state index in [0.29, 0.717) is 31.7 Å². The minimum Gasteiger partial charge on any atom is -0.370 e. The second-order valence-corrected chi connectivity index (χ2v) is 6.88. The van der Waals surface area contributed by atoms with Gasteiger partial charge in [0.25, 0.3) is 0 Å². The summed E-state index contributed by atoms with van der Waals surface area (Å²) in [5.41, 5.74) is 7.76. The lowest BCUT2D eigenvalue weighted by Gasteiger charge is -2.36. The highest BCUT2D eigenvalue weighted by Crippen LogP contribution is 2.31. The van der Waals surface area contributed by atoms with Gasteiger partial charge in [0.2, 0.25) is 5.91 Å². The molecule has 2 heterocycles. The molecule has 4 rings (SSSR count). The van der Waals surface area contributed by atoms with Gasteiger partial charge >= 0.3 is 0 Å². The van der Waals surface area contributed by atoms with Gasteiger partial charge in [-0.1, -0.05) is 43.2 Å². The van der Waals surface area contributed by atoms with Crippen LogP contribution in [0.15, 0.2) is 30.3 Å². The van der Waals surface area contributed by atoms with Gasteiger partial charge in [-0.2, -0.15) is 0 Å². The molecule has 2 aliphatic heterocycles. The molecule has 23 heavy (non-hydrogen) atoms. The first kappa shape index (κ1) is 15.1. The average molecular weight is 315 g/mol. The highest BCUT2D eigenvalue weighted by Gasteiger charge is 2.43. The number of carbonyl (C=O) groups excluding carboxylic acids is 1. The predicted molar refractivity (Wildman–Crippen MR) is 87.5 cm³/mol. The first-order valence-electron chi connectivity index (χ1n) is 8.79. The smallest absolute Gasteiger partial charge is 0.241 e. The number of amides is 1. The van der Waals surface area contributed by atoms with Gasteiger partial charge in [0.15, 0.2) is 0 Å². The van der Waals surface area contributed by atoms with E-state index in [1.807, 2.05) is 23.1 Å². The van der Waals surface area contributed by atoms with Gasteiger partial charge in [-0.15, -0.1) is 0 Å². The first-order chi connectivity index (χ1) is 11.3. The molecule has 3 fully saturated rings. The Bertz CT molecular complexity index is 550. The van der Waals surface area contributed by atoms with Gasteiger partial charge in [0, 0.05) is 18.5 Å². The van der Waals surface area contributed by atoms with Crippen LogP contribution < -0.4 is 10.9 Å². The van der Waals surface area contributed by atoms with Crippen LogP contribution in [-0.2, 0) is 9.53 Å². The zero-order valence-electron chi connectivity index (χ0n) is 13.4. The number of ether oxygens (including phenoxy) is 1. The van der Waals surface area contributed by atoms with E-state index >= 15 is 0 Å². The van der Waals surface area contributed by atoms with E-state index in [-0.39, 0.29) is 18.1 Å². The van der Waals surface area contributed by atoms with Crippen LogP contribution in [0.4, 0.5) is 0 Å². The van der Waals surface area contributed by atoms with Crippen LogP contribution in [0.1, 0.15) is 37.4 Å². The van der Waals surface area contributed by atoms with Crippen LogP contribution in [0.3, 0.4) is 0 Å². The Labute approximate surface area is 137 Å². The molecule has 1 saturated carbocycles. The standard InChI is InChI=1S/C18H25N3O2/c22-18(17-14-8-4-5-9-15(14)19-20-17)21-10-11-23-16(12-21)13-6-2-1-3-7-13/h1-3,6-7,14-17,19-20H,4-5,8-12H2. The monoisotopic (exact) mass is 315 g/mol. The molecular formula is C18H25N3O2. The van der Waals surface area contributed by atoms with Crippen molar-refractivity contribution in [2.75, 3.05) is 19.7 Å². The van der Waals surface area contributed by atoms with Crippen LogP contribution in [0, 0.1) is 5.92 Å². The minimum atomic E-state index is -0.0742. The highest BCUT2D eigenvalue weighted by atomic mass is 16.5. The number of nitrogens with zero attached hydrogens (tertiary/aromatic N) is 1. The van der Waals surface area contributed by atoms with E-state index in [1.165, 1.54) is 19.3 Å². The van der Waals surface area contributed by atoms with E-state index in [9.17, 15) is 4.79 Å². The van der Waals surface area contributed by atoms with Crippen LogP contribution in [-0.4, -0.2) is 42.6 Å².